The molecule has 0 aliphatic carbocycles. The summed E-state index contributed by atoms with van der Waals surface area (Å²) in [5, 5.41) is 10.7. The van der Waals surface area contributed by atoms with E-state index in [1.165, 1.54) is 6.07 Å². The van der Waals surface area contributed by atoms with Gasteiger partial charge in [0.05, 0.1) is 19.6 Å². The van der Waals surface area contributed by atoms with Gasteiger partial charge in [0, 0.05) is 30.2 Å². The number of allylic oxidation sites excluding steroid dienone is 2. The highest BCUT2D eigenvalue weighted by molar-refractivity contribution is 5.95. The van der Waals surface area contributed by atoms with Crippen LogP contribution in [0.15, 0.2) is 42.5 Å². The Kier molecular flexibility index (Phi) is 11.2. The van der Waals surface area contributed by atoms with Gasteiger partial charge in [-0.2, -0.15) is 0 Å². The number of nitrogens with zero attached hydrogens (tertiary/aromatic N) is 2. The highest BCUT2D eigenvalue weighted by atomic mass is 19.1. The molecule has 0 unspecified atom stereocenters. The molecular formula is C36H49FN2O6. The number of carbonyl (C=O) groups excluding carboxylic acids is 1. The molecule has 0 bridgehead atoms. The summed E-state index contributed by atoms with van der Waals surface area (Å²) in [4.78, 5) is 31.5. The van der Waals surface area contributed by atoms with E-state index in [1.54, 1.807) is 26.2 Å². The van der Waals surface area contributed by atoms with Crippen LogP contribution in [0.5, 0.6) is 17.2 Å². The monoisotopic (exact) mass is 624 g/mol. The zero-order valence-electron chi connectivity index (χ0n) is 27.8. The highest BCUT2D eigenvalue weighted by Gasteiger charge is 2.49. The largest absolute Gasteiger partial charge is 0.493 e. The summed E-state index contributed by atoms with van der Waals surface area (Å²) in [5.74, 6) is -1.02. The van der Waals surface area contributed by atoms with E-state index >= 15 is 0 Å². The van der Waals surface area contributed by atoms with Crippen molar-refractivity contribution in [3.63, 3.8) is 0 Å². The molecule has 3 atom stereocenters. The summed E-state index contributed by atoms with van der Waals surface area (Å²) in [5.41, 5.74) is 1.61. The Morgan fingerprint density at radius 2 is 1.89 bits per heavy atom. The predicted octanol–water partition coefficient (Wildman–Crippen LogP) is 7.33. The van der Waals surface area contributed by atoms with Crippen LogP contribution in [0.3, 0.4) is 0 Å². The smallest absolute Gasteiger partial charge is 0.308 e. The number of amides is 1. The number of hydrogen-bond donors (Lipinski definition) is 1. The molecular weight excluding hydrogens is 575 g/mol. The van der Waals surface area contributed by atoms with E-state index < -0.39 is 23.8 Å². The number of carboxylic acids is 1. The van der Waals surface area contributed by atoms with E-state index in [0.29, 0.717) is 41.5 Å². The molecule has 4 rings (SSSR count). The first-order valence-electron chi connectivity index (χ1n) is 16.1. The van der Waals surface area contributed by atoms with Crippen LogP contribution in [-0.2, 0) is 9.59 Å². The van der Waals surface area contributed by atoms with Crippen molar-refractivity contribution in [2.24, 2.45) is 11.3 Å². The summed E-state index contributed by atoms with van der Waals surface area (Å²) >= 11 is 0. The predicted molar refractivity (Wildman–Crippen MR) is 174 cm³/mol. The number of halogens is 1. The number of rotatable bonds is 14. The summed E-state index contributed by atoms with van der Waals surface area (Å²) in [7, 11) is 1.55. The van der Waals surface area contributed by atoms with Gasteiger partial charge in [-0.25, -0.2) is 4.39 Å². The van der Waals surface area contributed by atoms with Crippen molar-refractivity contribution in [3.05, 3.63) is 59.4 Å². The molecule has 45 heavy (non-hydrogen) atoms. The molecule has 1 fully saturated rings. The number of carboxylic acid groups (broad SMARTS) is 1. The lowest BCUT2D eigenvalue weighted by Crippen LogP contribution is -2.48. The fourth-order valence-corrected chi connectivity index (χ4v) is 7.16. The van der Waals surface area contributed by atoms with E-state index in [-0.39, 0.29) is 36.5 Å². The number of aryl methyl sites for hydroxylation is 1. The fraction of sp³-hybridized carbons (Fsp3) is 0.556. The normalized spacial score (nSPS) is 19.9. The Hall–Kier alpha value is -3.59. The molecule has 2 aromatic rings. The third kappa shape index (κ3) is 7.63. The molecule has 1 amide bonds. The van der Waals surface area contributed by atoms with Crippen molar-refractivity contribution in [1.29, 1.82) is 0 Å². The van der Waals surface area contributed by atoms with Crippen molar-refractivity contribution in [2.75, 3.05) is 31.9 Å². The van der Waals surface area contributed by atoms with Crippen molar-refractivity contribution >= 4 is 17.6 Å². The van der Waals surface area contributed by atoms with Gasteiger partial charge in [0.2, 0.25) is 18.4 Å². The average molecular weight is 625 g/mol. The Balaban J connectivity index is 1.77. The van der Waals surface area contributed by atoms with Gasteiger partial charge < -0.3 is 24.2 Å². The molecule has 246 valence electrons. The third-order valence-corrected chi connectivity index (χ3v) is 9.13. The van der Waals surface area contributed by atoms with Crippen LogP contribution in [0.2, 0.25) is 0 Å². The van der Waals surface area contributed by atoms with Crippen LogP contribution in [0, 0.1) is 24.1 Å². The molecule has 0 radical (unpaired) electrons. The molecule has 0 saturated carbocycles. The quantitative estimate of drug-likeness (QED) is 0.220. The maximum atomic E-state index is 14.5. The number of ether oxygens (including phenoxy) is 3. The minimum atomic E-state index is -0.909. The second kappa shape index (κ2) is 14.7. The van der Waals surface area contributed by atoms with Gasteiger partial charge in [-0.05, 0) is 80.0 Å². The van der Waals surface area contributed by atoms with Gasteiger partial charge in [-0.1, -0.05) is 52.7 Å². The molecule has 2 aliphatic rings. The van der Waals surface area contributed by atoms with E-state index in [4.69, 9.17) is 14.2 Å². The number of hydrogen-bond acceptors (Lipinski definition) is 6. The van der Waals surface area contributed by atoms with E-state index in [1.807, 2.05) is 34.9 Å². The second-order valence-corrected chi connectivity index (χ2v) is 13.0. The average Bonchev–Trinajstić information content (AvgIpc) is 3.59. The van der Waals surface area contributed by atoms with Gasteiger partial charge in [0.25, 0.3) is 0 Å². The van der Waals surface area contributed by atoms with Crippen molar-refractivity contribution in [1.82, 2.24) is 4.90 Å². The minimum Gasteiger partial charge on any atom is -0.493 e. The first-order valence-corrected chi connectivity index (χ1v) is 16.1. The zero-order chi connectivity index (χ0) is 32.9. The molecule has 2 aromatic carbocycles. The third-order valence-electron chi connectivity index (χ3n) is 9.13. The number of methoxy groups -OCH3 is 1. The van der Waals surface area contributed by atoms with Gasteiger partial charge in [0.15, 0.2) is 11.5 Å². The van der Waals surface area contributed by atoms with Gasteiger partial charge in [-0.3, -0.25) is 14.5 Å². The molecule has 0 spiro atoms. The maximum Gasteiger partial charge on any atom is 0.308 e. The van der Waals surface area contributed by atoms with Crippen LogP contribution in [0.25, 0.3) is 0 Å². The molecule has 0 aromatic heterocycles. The minimum absolute atomic E-state index is 0.0406. The fourth-order valence-electron chi connectivity index (χ4n) is 7.16. The molecule has 1 saturated heterocycles. The summed E-state index contributed by atoms with van der Waals surface area (Å²) in [6.45, 7) is 12.5. The lowest BCUT2D eigenvalue weighted by molar-refractivity contribution is -0.143. The van der Waals surface area contributed by atoms with Crippen LogP contribution < -0.4 is 19.1 Å². The van der Waals surface area contributed by atoms with Crippen molar-refractivity contribution < 1.29 is 33.3 Å². The number of carbonyl (C=O) groups is 2. The van der Waals surface area contributed by atoms with Crippen molar-refractivity contribution in [2.45, 2.75) is 91.6 Å². The van der Waals surface area contributed by atoms with Crippen LogP contribution in [0.4, 0.5) is 10.1 Å². The van der Waals surface area contributed by atoms with E-state index in [9.17, 15) is 19.1 Å². The van der Waals surface area contributed by atoms with Crippen LogP contribution >= 0.6 is 0 Å². The zero-order valence-corrected chi connectivity index (χ0v) is 27.8. The standard InChI is InChI=1S/C36H49FN2O6/c1-8-11-25(12-9-2)39(26-13-14-28(37)23(4)16-26)32(40)21-38-20-27(24-17-30(43-7)34-31(18-24)44-22-45-34)33(35(41)42)29(38)19-36(5,6)15-10-3/h10,13-18,25,27,29,33H,8-9,11-12,19-22H2,1-7H3,(H,41,42)/b15-10+/t27-,29+,33-/m1/s1. The number of likely N-dealkylation sites (tertiary alicyclic amines) is 1. The maximum absolute atomic E-state index is 14.5. The van der Waals surface area contributed by atoms with E-state index in [0.717, 1.165) is 31.2 Å². The van der Waals surface area contributed by atoms with Crippen molar-refractivity contribution in [3.8, 4) is 17.2 Å². The Labute approximate surface area is 267 Å². The topological polar surface area (TPSA) is 88.5 Å². The highest BCUT2D eigenvalue weighted by Crippen LogP contribution is 2.48. The van der Waals surface area contributed by atoms with Crippen LogP contribution in [-0.4, -0.2) is 61.0 Å². The van der Waals surface area contributed by atoms with Gasteiger partial charge in [0.1, 0.15) is 5.82 Å². The first-order chi connectivity index (χ1) is 21.4. The number of anilines is 1. The number of aliphatic carboxylic acids is 1. The molecule has 9 heteroatoms. The molecule has 1 N–H and O–H groups in total. The first kappa shape index (κ1) is 34.3. The van der Waals surface area contributed by atoms with E-state index in [2.05, 4.69) is 33.8 Å². The lowest BCUT2D eigenvalue weighted by atomic mass is 9.77. The lowest BCUT2D eigenvalue weighted by Gasteiger charge is -2.36. The molecule has 2 aliphatic heterocycles. The number of fused-ring (bicyclic) bond motifs is 1. The van der Waals surface area contributed by atoms with Gasteiger partial charge in [-0.15, -0.1) is 0 Å². The number of benzene rings is 2. The summed E-state index contributed by atoms with van der Waals surface area (Å²) in [6.07, 6.45) is 8.04. The second-order valence-electron chi connectivity index (χ2n) is 13.0. The van der Waals surface area contributed by atoms with Gasteiger partial charge >= 0.3 is 5.97 Å². The van der Waals surface area contributed by atoms with Crippen LogP contribution in [0.1, 0.15) is 83.8 Å². The Morgan fingerprint density at radius 3 is 2.49 bits per heavy atom. The molecule has 8 nitrogen and oxygen atoms in total. The Morgan fingerprint density at radius 1 is 1.18 bits per heavy atom. The molecule has 2 heterocycles. The Bertz CT molecular complexity index is 1390. The SMILES string of the molecule is C/C=C/C(C)(C)C[C@H]1[C@H](C(=O)O)[C@@H](c2cc(OC)c3c(c2)OCO3)CN1CC(=O)N(c1ccc(F)c(C)c1)C(CCC)CCC. The summed E-state index contributed by atoms with van der Waals surface area (Å²) in [6, 6.07) is 8.04. The summed E-state index contributed by atoms with van der Waals surface area (Å²) < 4.78 is 31.2.